The maximum Gasteiger partial charge on any atom is 0.573 e. The smallest absolute Gasteiger partial charge is 0.405 e. The van der Waals surface area contributed by atoms with Gasteiger partial charge >= 0.3 is 12.0 Å². The van der Waals surface area contributed by atoms with Gasteiger partial charge in [-0.1, -0.05) is 18.2 Å². The highest BCUT2D eigenvalue weighted by Crippen LogP contribution is 2.60. The molecule has 3 unspecified atom stereocenters. The van der Waals surface area contributed by atoms with E-state index < -0.39 is 11.3 Å². The molecule has 4 N–H and O–H groups in total. The number of rotatable bonds is 11. The molecule has 0 amide bonds. The van der Waals surface area contributed by atoms with Gasteiger partial charge in [0.15, 0.2) is 0 Å². The summed E-state index contributed by atoms with van der Waals surface area (Å²) in [7, 11) is 0. The van der Waals surface area contributed by atoms with Crippen molar-refractivity contribution in [3.8, 4) is 5.75 Å². The number of alkyl halides is 3. The summed E-state index contributed by atoms with van der Waals surface area (Å²) >= 11 is 0. The predicted octanol–water partition coefficient (Wildman–Crippen LogP) is 5.64. The zero-order chi connectivity index (χ0) is 30.2. The Hall–Kier alpha value is -3.19. The molecular weight excluding hydrogens is 565 g/mol. The number of hydrogen-bond donors (Lipinski definition) is 4. The summed E-state index contributed by atoms with van der Waals surface area (Å²) in [5.74, 6) is 2.29. The first-order valence-electron chi connectivity index (χ1n) is 15.3. The second kappa shape index (κ2) is 12.1. The Labute approximate surface area is 248 Å². The molecule has 7 rings (SSSR count). The molecule has 0 radical (unpaired) electrons. The molecule has 1 aromatic heterocycles. The monoisotopic (exact) mass is 604 g/mol. The van der Waals surface area contributed by atoms with Gasteiger partial charge in [-0.3, -0.25) is 10.1 Å². The van der Waals surface area contributed by atoms with Crippen molar-refractivity contribution in [2.45, 2.75) is 82.8 Å². The van der Waals surface area contributed by atoms with Crippen LogP contribution in [-0.2, 0) is 6.54 Å². The number of nitro groups is 1. The molecule has 0 saturated heterocycles. The van der Waals surface area contributed by atoms with Crippen molar-refractivity contribution in [2.75, 3.05) is 23.7 Å². The molecule has 13 heteroatoms. The molecule has 5 aliphatic carbocycles. The largest absolute Gasteiger partial charge is 0.573 e. The van der Waals surface area contributed by atoms with Crippen LogP contribution in [0.4, 0.5) is 30.6 Å². The summed E-state index contributed by atoms with van der Waals surface area (Å²) < 4.78 is 42.5. The number of aliphatic hydroxyl groups is 1. The number of aromatic nitrogens is 2. The van der Waals surface area contributed by atoms with E-state index in [2.05, 4.69) is 30.7 Å². The Morgan fingerprint density at radius 1 is 1.07 bits per heavy atom. The van der Waals surface area contributed by atoms with Crippen LogP contribution in [-0.4, -0.2) is 51.6 Å². The molecule has 10 nitrogen and oxygen atoms in total. The van der Waals surface area contributed by atoms with E-state index in [1.807, 2.05) is 0 Å². The molecular formula is C30H39F3N6O4. The third-order valence-electron chi connectivity index (χ3n) is 10.1. The van der Waals surface area contributed by atoms with E-state index in [0.717, 1.165) is 57.7 Å². The molecule has 5 atom stereocenters. The van der Waals surface area contributed by atoms with Crippen LogP contribution in [0.3, 0.4) is 0 Å². The van der Waals surface area contributed by atoms with Gasteiger partial charge in [0.05, 0.1) is 11.0 Å². The number of ether oxygens (including phenoxy) is 1. The summed E-state index contributed by atoms with van der Waals surface area (Å²) in [5, 5.41) is 31.7. The first-order chi connectivity index (χ1) is 20.6. The van der Waals surface area contributed by atoms with E-state index >= 15 is 0 Å². The number of nitrogens with one attached hydrogen (secondary N) is 3. The Kier molecular flexibility index (Phi) is 8.38. The highest BCUT2D eigenvalue weighted by Gasteiger charge is 2.55. The second-order valence-electron chi connectivity index (χ2n) is 13.1. The maximum absolute atomic E-state index is 12.8. The van der Waals surface area contributed by atoms with Gasteiger partial charge in [-0.15, -0.1) is 13.2 Å². The van der Waals surface area contributed by atoms with Crippen LogP contribution in [0.2, 0.25) is 0 Å². The molecule has 0 aliphatic heterocycles. The van der Waals surface area contributed by atoms with Crippen LogP contribution in [0, 0.1) is 39.2 Å². The van der Waals surface area contributed by atoms with Gasteiger partial charge < -0.3 is 25.8 Å². The minimum absolute atomic E-state index is 0.0455. The van der Waals surface area contributed by atoms with Gasteiger partial charge in [-0.05, 0) is 99.5 Å². The van der Waals surface area contributed by atoms with E-state index in [0.29, 0.717) is 36.3 Å². The average molecular weight is 605 g/mol. The molecule has 0 spiro atoms. The lowest BCUT2D eigenvalue weighted by Gasteiger charge is -2.60. The van der Waals surface area contributed by atoms with Crippen molar-refractivity contribution < 1.29 is 27.9 Å². The molecule has 5 saturated carbocycles. The third kappa shape index (κ3) is 6.98. The van der Waals surface area contributed by atoms with Crippen molar-refractivity contribution in [2.24, 2.45) is 29.1 Å². The number of aliphatic hydroxyl groups excluding tert-OH is 1. The first-order valence-corrected chi connectivity index (χ1v) is 15.3. The Bertz CT molecular complexity index is 1290. The molecule has 234 valence electrons. The number of benzene rings is 1. The van der Waals surface area contributed by atoms with Gasteiger partial charge in [0.1, 0.15) is 11.9 Å². The highest BCUT2D eigenvalue weighted by atomic mass is 19.4. The minimum Gasteiger partial charge on any atom is -0.405 e. The summed E-state index contributed by atoms with van der Waals surface area (Å²) in [6.45, 7) is 1.52. The summed E-state index contributed by atoms with van der Waals surface area (Å²) in [4.78, 5) is 19.7. The lowest BCUT2D eigenvalue weighted by Crippen LogP contribution is -2.60. The normalized spacial score (nSPS) is 31.5. The number of anilines is 2. The van der Waals surface area contributed by atoms with Crippen LogP contribution >= 0.6 is 0 Å². The molecule has 5 aliphatic rings. The van der Waals surface area contributed by atoms with Crippen molar-refractivity contribution in [1.29, 1.82) is 0 Å². The van der Waals surface area contributed by atoms with Crippen molar-refractivity contribution in [3.63, 3.8) is 0 Å². The Morgan fingerprint density at radius 2 is 1.79 bits per heavy atom. The fourth-order valence-corrected chi connectivity index (χ4v) is 8.44. The molecule has 2 aromatic rings. The van der Waals surface area contributed by atoms with Gasteiger partial charge in [0.25, 0.3) is 0 Å². The molecule has 1 aromatic carbocycles. The van der Waals surface area contributed by atoms with Crippen LogP contribution in [0.25, 0.3) is 0 Å². The summed E-state index contributed by atoms with van der Waals surface area (Å²) in [6.07, 6.45) is 5.77. The van der Waals surface area contributed by atoms with Crippen LogP contribution in [0.1, 0.15) is 63.4 Å². The van der Waals surface area contributed by atoms with Gasteiger partial charge in [-0.25, -0.2) is 4.98 Å². The Morgan fingerprint density at radius 3 is 2.49 bits per heavy atom. The van der Waals surface area contributed by atoms with Crippen molar-refractivity contribution >= 4 is 17.5 Å². The molecule has 43 heavy (non-hydrogen) atoms. The van der Waals surface area contributed by atoms with Crippen LogP contribution in [0.15, 0.2) is 30.5 Å². The lowest BCUT2D eigenvalue weighted by molar-refractivity contribution is -0.384. The van der Waals surface area contributed by atoms with Crippen molar-refractivity contribution in [3.05, 3.63) is 46.1 Å². The molecule has 5 fully saturated rings. The minimum atomic E-state index is -4.83. The third-order valence-corrected chi connectivity index (χ3v) is 10.1. The number of nitrogens with zero attached hydrogens (tertiary/aromatic N) is 3. The van der Waals surface area contributed by atoms with Gasteiger partial charge in [0.2, 0.25) is 11.8 Å². The van der Waals surface area contributed by atoms with Crippen LogP contribution < -0.4 is 20.7 Å². The number of hydrogen-bond acceptors (Lipinski definition) is 9. The topological polar surface area (TPSA) is 134 Å². The maximum atomic E-state index is 12.8. The Balaban J connectivity index is 1.10. The van der Waals surface area contributed by atoms with E-state index in [9.17, 15) is 28.4 Å². The SMILES string of the molecule is O=[N+]([O-])c1cnc(NCc2ccccc2OC(F)(F)F)nc1NCC12CC3C[C@H](C1)C(NCC1CCC(O)CC1)[C@@H](C3)C2. The van der Waals surface area contributed by atoms with E-state index in [1.165, 1.54) is 31.0 Å². The lowest BCUT2D eigenvalue weighted by atomic mass is 9.48. The van der Waals surface area contributed by atoms with E-state index in [4.69, 9.17) is 0 Å². The zero-order valence-electron chi connectivity index (χ0n) is 24.0. The van der Waals surface area contributed by atoms with E-state index in [-0.39, 0.29) is 46.8 Å². The fraction of sp³-hybridized carbons (Fsp3) is 0.667. The van der Waals surface area contributed by atoms with Crippen molar-refractivity contribution in [1.82, 2.24) is 15.3 Å². The highest BCUT2D eigenvalue weighted by molar-refractivity contribution is 5.57. The van der Waals surface area contributed by atoms with Gasteiger partial charge in [-0.2, -0.15) is 4.98 Å². The molecule has 4 bridgehead atoms. The number of halogens is 3. The molecule has 1 heterocycles. The second-order valence-corrected chi connectivity index (χ2v) is 13.1. The van der Waals surface area contributed by atoms with Gasteiger partial charge in [0, 0.05) is 24.7 Å². The quantitative estimate of drug-likeness (QED) is 0.190. The fourth-order valence-electron chi connectivity index (χ4n) is 8.44. The standard InChI is InChI=1S/C30H39F3N6O4/c31-30(32,33)43-25-4-2-1-3-20(25)15-35-28-36-16-24(39(41)42)27(38-28)37-17-29-11-19-9-21(12-29)26(22(10-19)13-29)34-14-18-5-7-23(40)8-6-18/h1-4,16,18-19,21-23,26,34,40H,5-15,17H2,(H2,35,36,37,38)/t18?,19?,21-,22+,23?,26?,29?. The van der Waals surface area contributed by atoms with E-state index in [1.54, 1.807) is 6.07 Å². The predicted molar refractivity (Wildman–Crippen MR) is 153 cm³/mol. The number of para-hydroxylation sites is 1. The van der Waals surface area contributed by atoms with Crippen LogP contribution in [0.5, 0.6) is 5.75 Å². The summed E-state index contributed by atoms with van der Waals surface area (Å²) in [6, 6.07) is 6.26. The first kappa shape index (κ1) is 29.9. The average Bonchev–Trinajstić information content (AvgIpc) is 2.95. The zero-order valence-corrected chi connectivity index (χ0v) is 24.0. The summed E-state index contributed by atoms with van der Waals surface area (Å²) in [5.41, 5.74) is 0.0477.